The molecule has 0 aliphatic carbocycles. The van der Waals surface area contributed by atoms with Gasteiger partial charge in [-0.25, -0.2) is 4.98 Å². The molecular formula is C7H9N5O. The van der Waals surface area contributed by atoms with Crippen LogP contribution in [0.25, 0.3) is 0 Å². The van der Waals surface area contributed by atoms with Gasteiger partial charge >= 0.3 is 0 Å². The zero-order valence-electron chi connectivity index (χ0n) is 7.05. The second kappa shape index (κ2) is 2.98. The first-order valence-corrected chi connectivity index (χ1v) is 3.80. The minimum atomic E-state index is -0.830. The maximum atomic E-state index is 9.68. The third kappa shape index (κ3) is 1.43. The summed E-state index contributed by atoms with van der Waals surface area (Å²) in [5.41, 5.74) is 0.555. The van der Waals surface area contributed by atoms with E-state index in [0.29, 0.717) is 11.5 Å². The van der Waals surface area contributed by atoms with Crippen LogP contribution in [0.3, 0.4) is 0 Å². The Morgan fingerprint density at radius 2 is 2.46 bits per heavy atom. The predicted molar refractivity (Wildman–Crippen MR) is 43.7 cm³/mol. The molecule has 2 aromatic heterocycles. The van der Waals surface area contributed by atoms with Crippen LogP contribution >= 0.6 is 0 Å². The molecular weight excluding hydrogens is 170 g/mol. The van der Waals surface area contributed by atoms with Crippen LogP contribution in [-0.4, -0.2) is 30.1 Å². The van der Waals surface area contributed by atoms with Gasteiger partial charge in [0.15, 0.2) is 11.9 Å². The first-order chi connectivity index (χ1) is 6.27. The van der Waals surface area contributed by atoms with Crippen molar-refractivity contribution in [3.8, 4) is 0 Å². The molecule has 0 saturated carbocycles. The zero-order chi connectivity index (χ0) is 9.26. The van der Waals surface area contributed by atoms with Crippen LogP contribution in [0.5, 0.6) is 0 Å². The Kier molecular flexibility index (Phi) is 1.82. The number of rotatable bonds is 2. The number of hydrogen-bond donors (Lipinski definition) is 2. The summed E-state index contributed by atoms with van der Waals surface area (Å²) in [4.78, 5) is 3.84. The van der Waals surface area contributed by atoms with Crippen molar-refractivity contribution < 1.29 is 5.11 Å². The van der Waals surface area contributed by atoms with Gasteiger partial charge in [-0.05, 0) is 6.07 Å². The van der Waals surface area contributed by atoms with E-state index < -0.39 is 6.10 Å². The largest absolute Gasteiger partial charge is 0.379 e. The Balaban J connectivity index is 2.28. The zero-order valence-corrected chi connectivity index (χ0v) is 7.05. The van der Waals surface area contributed by atoms with Crippen LogP contribution in [0.4, 0.5) is 0 Å². The van der Waals surface area contributed by atoms with Crippen molar-refractivity contribution in [1.29, 1.82) is 0 Å². The molecule has 6 heteroatoms. The summed E-state index contributed by atoms with van der Waals surface area (Å²) in [6.07, 6.45) is 2.28. The number of aromatic amines is 1. The Labute approximate surface area is 74.2 Å². The van der Waals surface area contributed by atoms with E-state index in [1.54, 1.807) is 24.0 Å². The SMILES string of the molecule is Cn1ccc(C(O)c2ncn[nH]2)n1. The summed E-state index contributed by atoms with van der Waals surface area (Å²) in [5.74, 6) is 0.402. The molecule has 2 rings (SSSR count). The number of H-pyrrole nitrogens is 1. The summed E-state index contributed by atoms with van der Waals surface area (Å²) in [6, 6.07) is 1.73. The Morgan fingerprint density at radius 3 is 3.00 bits per heavy atom. The van der Waals surface area contributed by atoms with Gasteiger partial charge < -0.3 is 5.11 Å². The van der Waals surface area contributed by atoms with Crippen molar-refractivity contribution in [2.75, 3.05) is 0 Å². The van der Waals surface area contributed by atoms with E-state index >= 15 is 0 Å². The summed E-state index contributed by atoms with van der Waals surface area (Å²) < 4.78 is 1.62. The van der Waals surface area contributed by atoms with Crippen LogP contribution in [0.15, 0.2) is 18.6 Å². The third-order valence-electron chi connectivity index (χ3n) is 1.71. The average molecular weight is 179 g/mol. The molecule has 2 heterocycles. The van der Waals surface area contributed by atoms with Crippen molar-refractivity contribution in [2.45, 2.75) is 6.10 Å². The van der Waals surface area contributed by atoms with E-state index in [1.807, 2.05) is 0 Å². The fourth-order valence-corrected chi connectivity index (χ4v) is 1.07. The fraction of sp³-hybridized carbons (Fsp3) is 0.286. The molecule has 1 atom stereocenters. The molecule has 0 aliphatic heterocycles. The van der Waals surface area contributed by atoms with Crippen molar-refractivity contribution in [3.63, 3.8) is 0 Å². The monoisotopic (exact) mass is 179 g/mol. The minimum Gasteiger partial charge on any atom is -0.379 e. The van der Waals surface area contributed by atoms with Gasteiger partial charge in [-0.3, -0.25) is 9.78 Å². The number of nitrogens with zero attached hydrogens (tertiary/aromatic N) is 4. The molecule has 0 fully saturated rings. The van der Waals surface area contributed by atoms with E-state index in [2.05, 4.69) is 20.3 Å². The fourth-order valence-electron chi connectivity index (χ4n) is 1.07. The van der Waals surface area contributed by atoms with E-state index in [-0.39, 0.29) is 0 Å². The molecule has 6 nitrogen and oxygen atoms in total. The van der Waals surface area contributed by atoms with Crippen LogP contribution in [0, 0.1) is 0 Å². The number of aliphatic hydroxyl groups is 1. The number of aryl methyl sites for hydroxylation is 1. The first-order valence-electron chi connectivity index (χ1n) is 3.80. The lowest BCUT2D eigenvalue weighted by Crippen LogP contribution is -2.03. The topological polar surface area (TPSA) is 79.6 Å². The normalized spacial score (nSPS) is 13.1. The predicted octanol–water partition coefficient (Wildman–Crippen LogP) is -0.380. The smallest absolute Gasteiger partial charge is 0.159 e. The molecule has 1 unspecified atom stereocenters. The summed E-state index contributed by atoms with van der Waals surface area (Å²) >= 11 is 0. The quantitative estimate of drug-likeness (QED) is 0.658. The summed E-state index contributed by atoms with van der Waals surface area (Å²) in [6.45, 7) is 0. The first kappa shape index (κ1) is 7.93. The molecule has 2 N–H and O–H groups in total. The molecule has 0 amide bonds. The summed E-state index contributed by atoms with van der Waals surface area (Å²) in [5, 5.41) is 20.0. The Hall–Kier alpha value is -1.69. The van der Waals surface area contributed by atoms with E-state index in [1.165, 1.54) is 6.33 Å². The highest BCUT2D eigenvalue weighted by Crippen LogP contribution is 2.14. The van der Waals surface area contributed by atoms with Gasteiger partial charge in [0.25, 0.3) is 0 Å². The lowest BCUT2D eigenvalue weighted by atomic mass is 10.2. The highest BCUT2D eigenvalue weighted by molar-refractivity contribution is 5.10. The highest BCUT2D eigenvalue weighted by atomic mass is 16.3. The second-order valence-electron chi connectivity index (χ2n) is 2.69. The molecule has 68 valence electrons. The van der Waals surface area contributed by atoms with Crippen molar-refractivity contribution in [2.24, 2.45) is 7.05 Å². The highest BCUT2D eigenvalue weighted by Gasteiger charge is 2.15. The number of hydrogen-bond acceptors (Lipinski definition) is 4. The van der Waals surface area contributed by atoms with Crippen molar-refractivity contribution in [3.05, 3.63) is 30.1 Å². The van der Waals surface area contributed by atoms with E-state index in [9.17, 15) is 5.11 Å². The van der Waals surface area contributed by atoms with E-state index in [4.69, 9.17) is 0 Å². The van der Waals surface area contributed by atoms with Gasteiger partial charge in [-0.15, -0.1) is 0 Å². The second-order valence-corrected chi connectivity index (χ2v) is 2.69. The minimum absolute atomic E-state index is 0.402. The van der Waals surface area contributed by atoms with E-state index in [0.717, 1.165) is 0 Å². The third-order valence-corrected chi connectivity index (χ3v) is 1.71. The molecule has 0 aliphatic rings. The maximum Gasteiger partial charge on any atom is 0.159 e. The van der Waals surface area contributed by atoms with Crippen LogP contribution < -0.4 is 0 Å². The van der Waals surface area contributed by atoms with Gasteiger partial charge in [0.1, 0.15) is 6.33 Å². The van der Waals surface area contributed by atoms with Crippen LogP contribution in [0.2, 0.25) is 0 Å². The molecule has 0 radical (unpaired) electrons. The number of aromatic nitrogens is 5. The van der Waals surface area contributed by atoms with Gasteiger partial charge in [-0.2, -0.15) is 10.2 Å². The Bertz CT molecular complexity index is 379. The van der Waals surface area contributed by atoms with Crippen LogP contribution in [-0.2, 0) is 7.05 Å². The maximum absolute atomic E-state index is 9.68. The molecule has 0 saturated heterocycles. The molecule has 13 heavy (non-hydrogen) atoms. The summed E-state index contributed by atoms with van der Waals surface area (Å²) in [7, 11) is 1.79. The van der Waals surface area contributed by atoms with Gasteiger partial charge in [0, 0.05) is 13.2 Å². The molecule has 0 aromatic carbocycles. The number of nitrogens with one attached hydrogen (secondary N) is 1. The number of aliphatic hydroxyl groups excluding tert-OH is 1. The lowest BCUT2D eigenvalue weighted by molar-refractivity contribution is 0.204. The van der Waals surface area contributed by atoms with Crippen molar-refractivity contribution >= 4 is 0 Å². The lowest BCUT2D eigenvalue weighted by Gasteiger charge is -2.01. The molecule has 0 spiro atoms. The van der Waals surface area contributed by atoms with Gasteiger partial charge in [0.2, 0.25) is 0 Å². The molecule has 0 bridgehead atoms. The van der Waals surface area contributed by atoms with Gasteiger partial charge in [0.05, 0.1) is 5.69 Å². The standard InChI is InChI=1S/C7H9N5O/c1-12-3-2-5(11-12)6(13)7-8-4-9-10-7/h2-4,6,13H,1H3,(H,8,9,10). The van der Waals surface area contributed by atoms with Gasteiger partial charge in [-0.1, -0.05) is 0 Å². The average Bonchev–Trinajstić information content (AvgIpc) is 2.72. The Morgan fingerprint density at radius 1 is 1.62 bits per heavy atom. The van der Waals surface area contributed by atoms with Crippen LogP contribution in [0.1, 0.15) is 17.6 Å². The van der Waals surface area contributed by atoms with Crippen molar-refractivity contribution in [1.82, 2.24) is 25.0 Å². The molecule has 2 aromatic rings.